The highest BCUT2D eigenvalue weighted by Gasteiger charge is 2.34. The summed E-state index contributed by atoms with van der Waals surface area (Å²) >= 11 is 0. The molecule has 2 saturated heterocycles. The van der Waals surface area contributed by atoms with Crippen LogP contribution in [0.25, 0.3) is 11.1 Å². The van der Waals surface area contributed by atoms with Crippen LogP contribution >= 0.6 is 0 Å². The maximum atomic E-state index is 4.67. The van der Waals surface area contributed by atoms with Gasteiger partial charge in [-0.1, -0.05) is 61.0 Å². The van der Waals surface area contributed by atoms with E-state index >= 15 is 0 Å². The van der Waals surface area contributed by atoms with Gasteiger partial charge in [0.1, 0.15) is 5.82 Å². The molecule has 0 radical (unpaired) electrons. The first kappa shape index (κ1) is 19.5. The molecule has 1 aromatic heterocycles. The number of piperidine rings is 1. The van der Waals surface area contributed by atoms with Gasteiger partial charge in [-0.2, -0.15) is 0 Å². The molecule has 2 fully saturated rings. The van der Waals surface area contributed by atoms with Crippen LogP contribution in [0.15, 0.2) is 67.0 Å². The van der Waals surface area contributed by atoms with Gasteiger partial charge >= 0.3 is 0 Å². The Balaban J connectivity index is 1.32. The summed E-state index contributed by atoms with van der Waals surface area (Å²) < 4.78 is 2.19. The van der Waals surface area contributed by atoms with E-state index in [0.29, 0.717) is 18.0 Å². The molecule has 2 N–H and O–H groups in total. The lowest BCUT2D eigenvalue weighted by molar-refractivity contribution is 0.116. The topological polar surface area (TPSA) is 45.1 Å². The summed E-state index contributed by atoms with van der Waals surface area (Å²) in [6.07, 6.45) is 7.77. The van der Waals surface area contributed by atoms with Crippen molar-refractivity contribution in [3.8, 4) is 11.1 Å². The summed E-state index contributed by atoms with van der Waals surface area (Å²) in [5.41, 5.74) is 10.9. The fraction of sp³-hybridized carbons (Fsp3) is 0.400. The summed E-state index contributed by atoms with van der Waals surface area (Å²) in [6, 6.07) is 20.4. The molecule has 2 aliphatic heterocycles. The van der Waals surface area contributed by atoms with Crippen LogP contribution in [0, 0.1) is 5.92 Å². The number of rotatable bonds is 5. The number of likely N-dealkylation sites (tertiary alicyclic amines) is 1. The van der Waals surface area contributed by atoms with Gasteiger partial charge < -0.3 is 4.57 Å². The Morgan fingerprint density at radius 2 is 1.80 bits per heavy atom. The van der Waals surface area contributed by atoms with Crippen molar-refractivity contribution in [3.05, 3.63) is 78.4 Å². The fourth-order valence-electron chi connectivity index (χ4n) is 5.08. The molecule has 156 valence electrons. The molecule has 0 saturated carbocycles. The second-order valence-electron chi connectivity index (χ2n) is 8.65. The zero-order valence-electron chi connectivity index (χ0n) is 17.7. The molecule has 0 spiro atoms. The highest BCUT2D eigenvalue weighted by atomic mass is 15.4. The summed E-state index contributed by atoms with van der Waals surface area (Å²) in [4.78, 5) is 7.33. The van der Waals surface area contributed by atoms with E-state index in [2.05, 4.69) is 93.1 Å². The van der Waals surface area contributed by atoms with Crippen molar-refractivity contribution in [1.29, 1.82) is 0 Å². The monoisotopic (exact) mass is 401 g/mol. The maximum Gasteiger partial charge on any atom is 0.125 e. The average Bonchev–Trinajstić information content (AvgIpc) is 3.44. The highest BCUT2D eigenvalue weighted by molar-refractivity contribution is 5.63. The Hall–Kier alpha value is -2.47. The molecule has 3 heterocycles. The number of hydrazine groups is 1. The largest absolute Gasteiger partial charge is 0.337 e. The standard InChI is InChI=1S/C25H31N5/c1-29-16-14-26-25(29)23-9-5-6-15-30(23)18-22-17-27-28-24(22)21-12-10-20(11-13-21)19-7-3-2-4-8-19/h2-4,7-8,10-14,16,22-24,27-28H,5-6,9,15,17-18H2,1H3. The molecule has 2 aliphatic rings. The van der Waals surface area contributed by atoms with Crippen LogP contribution in [0.4, 0.5) is 0 Å². The quantitative estimate of drug-likeness (QED) is 0.676. The third-order valence-electron chi connectivity index (χ3n) is 6.71. The van der Waals surface area contributed by atoms with Gasteiger partial charge in [0.05, 0.1) is 12.1 Å². The molecule has 30 heavy (non-hydrogen) atoms. The van der Waals surface area contributed by atoms with E-state index in [1.54, 1.807) is 0 Å². The predicted octanol–water partition coefficient (Wildman–Crippen LogP) is 4.08. The normalized spacial score (nSPS) is 24.9. The Morgan fingerprint density at radius 3 is 2.57 bits per heavy atom. The lowest BCUT2D eigenvalue weighted by Crippen LogP contribution is -2.39. The minimum atomic E-state index is 0.332. The van der Waals surface area contributed by atoms with Crippen LogP contribution in [0.2, 0.25) is 0 Å². The molecule has 3 atom stereocenters. The van der Waals surface area contributed by atoms with E-state index in [1.165, 1.54) is 41.8 Å². The predicted molar refractivity (Wildman–Crippen MR) is 121 cm³/mol. The second kappa shape index (κ2) is 8.72. The number of imidazole rings is 1. The number of hydrogen-bond acceptors (Lipinski definition) is 4. The molecule has 0 aliphatic carbocycles. The number of aryl methyl sites for hydroxylation is 1. The van der Waals surface area contributed by atoms with Gasteiger partial charge in [-0.15, -0.1) is 0 Å². The van der Waals surface area contributed by atoms with Crippen molar-refractivity contribution < 1.29 is 0 Å². The van der Waals surface area contributed by atoms with Crippen LogP contribution < -0.4 is 10.9 Å². The van der Waals surface area contributed by atoms with Crippen molar-refractivity contribution in [1.82, 2.24) is 25.3 Å². The average molecular weight is 402 g/mol. The third-order valence-corrected chi connectivity index (χ3v) is 6.71. The van der Waals surface area contributed by atoms with E-state index in [9.17, 15) is 0 Å². The Labute approximate surface area is 179 Å². The van der Waals surface area contributed by atoms with Crippen LogP contribution in [-0.4, -0.2) is 34.1 Å². The molecular weight excluding hydrogens is 370 g/mol. The van der Waals surface area contributed by atoms with Gasteiger partial charge in [0.15, 0.2) is 0 Å². The summed E-state index contributed by atoms with van der Waals surface area (Å²) in [5.74, 6) is 1.74. The first-order valence-electron chi connectivity index (χ1n) is 11.1. The van der Waals surface area contributed by atoms with Gasteiger partial charge in [-0.05, 0) is 36.1 Å². The molecule has 3 aromatic rings. The van der Waals surface area contributed by atoms with E-state index in [4.69, 9.17) is 0 Å². The molecule has 0 bridgehead atoms. The minimum absolute atomic E-state index is 0.332. The number of aromatic nitrogens is 2. The molecular formula is C25H31N5. The molecule has 2 aromatic carbocycles. The number of nitrogens with one attached hydrogen (secondary N) is 2. The number of nitrogens with zero attached hydrogens (tertiary/aromatic N) is 3. The summed E-state index contributed by atoms with van der Waals surface area (Å²) in [6.45, 7) is 3.24. The third kappa shape index (κ3) is 3.93. The SMILES string of the molecule is Cn1ccnc1C1CCCCN1CC1CNNC1c1ccc(-c2ccccc2)cc1. The minimum Gasteiger partial charge on any atom is -0.337 e. The van der Waals surface area contributed by atoms with Crippen molar-refractivity contribution in [3.63, 3.8) is 0 Å². The van der Waals surface area contributed by atoms with Crippen molar-refractivity contribution >= 4 is 0 Å². The molecule has 5 nitrogen and oxygen atoms in total. The van der Waals surface area contributed by atoms with Crippen LogP contribution in [0.1, 0.15) is 42.7 Å². The molecule has 3 unspecified atom stereocenters. The maximum absolute atomic E-state index is 4.67. The molecule has 5 heteroatoms. The van der Waals surface area contributed by atoms with Gasteiger partial charge in [-0.3, -0.25) is 10.3 Å². The smallest absolute Gasteiger partial charge is 0.125 e. The van der Waals surface area contributed by atoms with Crippen molar-refractivity contribution in [2.75, 3.05) is 19.6 Å². The number of benzene rings is 2. The summed E-state index contributed by atoms with van der Waals surface area (Å²) in [5, 5.41) is 0. The van der Waals surface area contributed by atoms with E-state index in [0.717, 1.165) is 19.6 Å². The van der Waals surface area contributed by atoms with Gasteiger partial charge in [0.2, 0.25) is 0 Å². The van der Waals surface area contributed by atoms with E-state index in [1.807, 2.05) is 6.20 Å². The number of hydrogen-bond donors (Lipinski definition) is 2. The highest BCUT2D eigenvalue weighted by Crippen LogP contribution is 2.34. The van der Waals surface area contributed by atoms with Crippen LogP contribution in [0.3, 0.4) is 0 Å². The van der Waals surface area contributed by atoms with Crippen molar-refractivity contribution in [2.45, 2.75) is 31.3 Å². The molecule has 5 rings (SSSR count). The fourth-order valence-corrected chi connectivity index (χ4v) is 5.08. The van der Waals surface area contributed by atoms with E-state index in [-0.39, 0.29) is 0 Å². The van der Waals surface area contributed by atoms with Crippen LogP contribution in [0.5, 0.6) is 0 Å². The Bertz CT molecular complexity index is 949. The van der Waals surface area contributed by atoms with Gasteiger partial charge in [0.25, 0.3) is 0 Å². The zero-order chi connectivity index (χ0) is 20.3. The summed E-state index contributed by atoms with van der Waals surface area (Å²) in [7, 11) is 2.12. The Morgan fingerprint density at radius 1 is 1.00 bits per heavy atom. The Kier molecular flexibility index (Phi) is 5.67. The zero-order valence-corrected chi connectivity index (χ0v) is 17.7. The van der Waals surface area contributed by atoms with Crippen LogP contribution in [-0.2, 0) is 7.05 Å². The van der Waals surface area contributed by atoms with E-state index < -0.39 is 0 Å². The molecule has 0 amide bonds. The lowest BCUT2D eigenvalue weighted by atomic mass is 9.91. The van der Waals surface area contributed by atoms with Gasteiger partial charge in [-0.25, -0.2) is 10.4 Å². The lowest BCUT2D eigenvalue weighted by Gasteiger charge is -2.37. The first-order chi connectivity index (χ1) is 14.8. The van der Waals surface area contributed by atoms with Crippen molar-refractivity contribution in [2.24, 2.45) is 13.0 Å². The van der Waals surface area contributed by atoms with Gasteiger partial charge in [0, 0.05) is 38.4 Å². The second-order valence-corrected chi connectivity index (χ2v) is 8.65. The first-order valence-corrected chi connectivity index (χ1v) is 11.1.